The van der Waals surface area contributed by atoms with Gasteiger partial charge in [0.1, 0.15) is 5.25 Å². The molecule has 38 heavy (non-hydrogen) atoms. The second kappa shape index (κ2) is 11.3. The van der Waals surface area contributed by atoms with Gasteiger partial charge >= 0.3 is 0 Å². The number of amides is 1. The van der Waals surface area contributed by atoms with Crippen LogP contribution in [-0.4, -0.2) is 20.7 Å². The van der Waals surface area contributed by atoms with Crippen molar-refractivity contribution in [2.24, 2.45) is 0 Å². The highest BCUT2D eigenvalue weighted by atomic mass is 35.5. The zero-order valence-electron chi connectivity index (χ0n) is 21.4. The molecule has 1 amide bonds. The molecule has 1 N–H and O–H groups in total. The van der Waals surface area contributed by atoms with Gasteiger partial charge in [-0.1, -0.05) is 78.0 Å². The molecule has 0 saturated heterocycles. The van der Waals surface area contributed by atoms with Crippen molar-refractivity contribution in [1.82, 2.24) is 14.8 Å². The number of nitrogens with one attached hydrogen (secondary N) is 1. The van der Waals surface area contributed by atoms with Gasteiger partial charge in [0.15, 0.2) is 11.0 Å². The molecule has 1 unspecified atom stereocenters. The standard InChI is InChI=1S/C31H27ClN4OS/c1-20-17-21(2)19-26(18-20)33-30(37)28(23-10-5-4-6-11-23)38-31-35-34-29(24-13-15-25(32)16-14-24)36(31)27-12-8-7-9-22(27)3/h4-19,28H,1-3H3,(H,33,37). The number of nitrogens with zero attached hydrogens (tertiary/aromatic N) is 3. The van der Waals surface area contributed by atoms with Crippen LogP contribution in [0, 0.1) is 20.8 Å². The average molecular weight is 539 g/mol. The van der Waals surface area contributed by atoms with Gasteiger partial charge < -0.3 is 5.32 Å². The number of anilines is 1. The van der Waals surface area contributed by atoms with Crippen molar-refractivity contribution in [2.45, 2.75) is 31.2 Å². The van der Waals surface area contributed by atoms with Gasteiger partial charge in [0, 0.05) is 16.3 Å². The Hall–Kier alpha value is -3.87. The van der Waals surface area contributed by atoms with Gasteiger partial charge in [0.05, 0.1) is 5.69 Å². The molecule has 0 aliphatic carbocycles. The lowest BCUT2D eigenvalue weighted by Gasteiger charge is -2.19. The van der Waals surface area contributed by atoms with Gasteiger partial charge in [-0.15, -0.1) is 10.2 Å². The molecule has 0 bridgehead atoms. The van der Waals surface area contributed by atoms with E-state index in [9.17, 15) is 4.79 Å². The Bertz CT molecular complexity index is 1560. The number of carbonyl (C=O) groups is 1. The van der Waals surface area contributed by atoms with Crippen LogP contribution in [0.4, 0.5) is 5.69 Å². The van der Waals surface area contributed by atoms with Crippen molar-refractivity contribution in [1.29, 1.82) is 0 Å². The van der Waals surface area contributed by atoms with Crippen molar-refractivity contribution in [2.75, 3.05) is 5.32 Å². The van der Waals surface area contributed by atoms with E-state index in [0.717, 1.165) is 39.2 Å². The molecule has 190 valence electrons. The van der Waals surface area contributed by atoms with E-state index >= 15 is 0 Å². The largest absolute Gasteiger partial charge is 0.325 e. The molecule has 5 rings (SSSR count). The average Bonchev–Trinajstić information content (AvgIpc) is 3.31. The first kappa shape index (κ1) is 25.8. The fourth-order valence-corrected chi connectivity index (χ4v) is 5.60. The summed E-state index contributed by atoms with van der Waals surface area (Å²) in [5.41, 5.74) is 6.75. The van der Waals surface area contributed by atoms with Gasteiger partial charge in [0.2, 0.25) is 5.91 Å². The molecule has 4 aromatic carbocycles. The zero-order chi connectivity index (χ0) is 26.6. The molecular weight excluding hydrogens is 512 g/mol. The van der Waals surface area contributed by atoms with Crippen molar-refractivity contribution >= 4 is 35.0 Å². The van der Waals surface area contributed by atoms with Crippen LogP contribution in [0.3, 0.4) is 0 Å². The molecule has 0 fully saturated rings. The summed E-state index contributed by atoms with van der Waals surface area (Å²) in [6.45, 7) is 6.10. The van der Waals surface area contributed by atoms with E-state index in [2.05, 4.69) is 34.6 Å². The normalized spacial score (nSPS) is 11.8. The Morgan fingerprint density at radius 2 is 1.50 bits per heavy atom. The van der Waals surface area contributed by atoms with Gasteiger partial charge in [-0.2, -0.15) is 0 Å². The van der Waals surface area contributed by atoms with Crippen molar-refractivity contribution in [3.05, 3.63) is 124 Å². The van der Waals surface area contributed by atoms with E-state index in [1.807, 2.05) is 103 Å². The molecule has 0 radical (unpaired) electrons. The summed E-state index contributed by atoms with van der Waals surface area (Å²) in [5.74, 6) is 0.554. The smallest absolute Gasteiger partial charge is 0.242 e. The summed E-state index contributed by atoms with van der Waals surface area (Å²) in [6, 6.07) is 31.4. The van der Waals surface area contributed by atoms with Crippen LogP contribution in [0.2, 0.25) is 5.02 Å². The van der Waals surface area contributed by atoms with Crippen LogP contribution in [0.15, 0.2) is 102 Å². The maximum absolute atomic E-state index is 13.8. The van der Waals surface area contributed by atoms with Crippen molar-refractivity contribution < 1.29 is 4.79 Å². The number of thioether (sulfide) groups is 1. The van der Waals surface area contributed by atoms with Crippen molar-refractivity contribution in [3.63, 3.8) is 0 Å². The molecule has 0 spiro atoms. The Morgan fingerprint density at radius 1 is 0.842 bits per heavy atom. The molecule has 0 aliphatic heterocycles. The van der Waals surface area contributed by atoms with Crippen LogP contribution in [0.25, 0.3) is 17.1 Å². The van der Waals surface area contributed by atoms with Gasteiger partial charge in [-0.25, -0.2) is 0 Å². The molecule has 1 atom stereocenters. The van der Waals surface area contributed by atoms with E-state index in [-0.39, 0.29) is 5.91 Å². The number of carbonyl (C=O) groups excluding carboxylic acids is 1. The molecule has 7 heteroatoms. The van der Waals surface area contributed by atoms with E-state index in [1.54, 1.807) is 0 Å². The predicted molar refractivity (Wildman–Crippen MR) is 156 cm³/mol. The lowest BCUT2D eigenvalue weighted by molar-refractivity contribution is -0.115. The van der Waals surface area contributed by atoms with Crippen LogP contribution < -0.4 is 5.32 Å². The lowest BCUT2D eigenvalue weighted by atomic mass is 10.1. The Labute approximate surface area is 231 Å². The van der Waals surface area contributed by atoms with E-state index in [0.29, 0.717) is 16.0 Å². The summed E-state index contributed by atoms with van der Waals surface area (Å²) in [4.78, 5) is 13.8. The summed E-state index contributed by atoms with van der Waals surface area (Å²) in [5, 5.41) is 13.0. The monoisotopic (exact) mass is 538 g/mol. The summed E-state index contributed by atoms with van der Waals surface area (Å²) < 4.78 is 2.02. The van der Waals surface area contributed by atoms with Crippen LogP contribution in [0.5, 0.6) is 0 Å². The van der Waals surface area contributed by atoms with Gasteiger partial charge in [-0.3, -0.25) is 9.36 Å². The van der Waals surface area contributed by atoms with E-state index < -0.39 is 5.25 Å². The maximum Gasteiger partial charge on any atom is 0.242 e. The highest BCUT2D eigenvalue weighted by Gasteiger charge is 2.27. The Kier molecular flexibility index (Phi) is 7.63. The summed E-state index contributed by atoms with van der Waals surface area (Å²) in [6.07, 6.45) is 0. The maximum atomic E-state index is 13.8. The Morgan fingerprint density at radius 3 is 2.18 bits per heavy atom. The first-order chi connectivity index (χ1) is 18.4. The number of hydrogen-bond donors (Lipinski definition) is 1. The topological polar surface area (TPSA) is 59.8 Å². The number of hydrogen-bond acceptors (Lipinski definition) is 4. The zero-order valence-corrected chi connectivity index (χ0v) is 22.9. The highest BCUT2D eigenvalue weighted by Crippen LogP contribution is 2.39. The molecule has 0 saturated carbocycles. The van der Waals surface area contributed by atoms with Gasteiger partial charge in [0.25, 0.3) is 0 Å². The number of aromatic nitrogens is 3. The highest BCUT2D eigenvalue weighted by molar-refractivity contribution is 8.00. The number of para-hydroxylation sites is 1. The minimum Gasteiger partial charge on any atom is -0.325 e. The van der Waals surface area contributed by atoms with Crippen LogP contribution in [0.1, 0.15) is 27.5 Å². The Balaban J connectivity index is 1.58. The van der Waals surface area contributed by atoms with Crippen LogP contribution >= 0.6 is 23.4 Å². The minimum atomic E-state index is -0.554. The molecule has 1 aromatic heterocycles. The predicted octanol–water partition coefficient (Wildman–Crippen LogP) is 7.99. The second-order valence-electron chi connectivity index (χ2n) is 9.21. The summed E-state index contributed by atoms with van der Waals surface area (Å²) in [7, 11) is 0. The second-order valence-corrected chi connectivity index (χ2v) is 10.7. The molecular formula is C31H27ClN4OS. The number of benzene rings is 4. The first-order valence-electron chi connectivity index (χ1n) is 12.3. The SMILES string of the molecule is Cc1cc(C)cc(NC(=O)C(Sc2nnc(-c3ccc(Cl)cc3)n2-c2ccccc2C)c2ccccc2)c1. The molecule has 5 nitrogen and oxygen atoms in total. The fourth-order valence-electron chi connectivity index (χ4n) is 4.42. The van der Waals surface area contributed by atoms with Crippen LogP contribution in [-0.2, 0) is 4.79 Å². The summed E-state index contributed by atoms with van der Waals surface area (Å²) >= 11 is 7.53. The number of rotatable bonds is 7. The van der Waals surface area contributed by atoms with Gasteiger partial charge in [-0.05, 0) is 85.5 Å². The molecule has 5 aromatic rings. The third kappa shape index (κ3) is 5.67. The molecule has 1 heterocycles. The molecule has 0 aliphatic rings. The third-order valence-corrected chi connectivity index (χ3v) is 7.59. The first-order valence-corrected chi connectivity index (χ1v) is 13.5. The third-order valence-electron chi connectivity index (χ3n) is 6.15. The number of halogens is 1. The quantitative estimate of drug-likeness (QED) is 0.213. The van der Waals surface area contributed by atoms with E-state index in [1.165, 1.54) is 11.8 Å². The minimum absolute atomic E-state index is 0.126. The van der Waals surface area contributed by atoms with E-state index in [4.69, 9.17) is 11.6 Å². The lowest BCUT2D eigenvalue weighted by Crippen LogP contribution is -2.19. The number of aryl methyl sites for hydroxylation is 3. The fraction of sp³-hybridized carbons (Fsp3) is 0.129. The van der Waals surface area contributed by atoms with Crippen molar-refractivity contribution in [3.8, 4) is 17.1 Å².